The number of sulfonamides is 1. The monoisotopic (exact) mass is 1430 g/mol. The van der Waals surface area contributed by atoms with Gasteiger partial charge in [0.25, 0.3) is 0 Å². The fourth-order valence-corrected chi connectivity index (χ4v) is 20.5. The first-order chi connectivity index (χ1) is 47.9. The van der Waals surface area contributed by atoms with Crippen LogP contribution in [0.15, 0.2) is 12.3 Å². The number of piperidine rings is 3. The number of rotatable bonds is 9. The Morgan fingerprint density at radius 3 is 1.34 bits per heavy atom. The molecule has 14 fully saturated rings. The standard InChI is InChI=1S/C14H20N2O4S.C14H18N2O4.C14H20N2O3.C14H19NO6.C14H17NO5/c1-10-5-6-11(12(17)15-10)16-13(18)14(9-21(16,19)20)7-3-2-4-8-14;17-10-5-4-9(12(19)15-10)16-11(18)8-14(13(16)20)6-2-1-3-7-14;17-11-5-4-10(12(18)15-11)16-9-8-14(13(16)19)6-2-1-3-7-14;16-10-8-14(6-2-1-3-7-14)13(21)15(10)9(12(19)20)4-5-11(17)18;16-10-8-14(6-2-1-3-7-14)13(19)15(10)9-4-5-11(17)20-12(9)18/h11H,1-9H2,(H,15,17);9H,1-8H2,(H,15,17,19);10H,1-9H2,(H,15,17,18);9H,1-8H2,(H,17,18)(H,19,20);9H,1-8H2. The first kappa shape index (κ1) is 75.5. The van der Waals surface area contributed by atoms with Gasteiger partial charge in [-0.05, 0) is 109 Å². The van der Waals surface area contributed by atoms with Gasteiger partial charge in [-0.15, -0.1) is 0 Å². The van der Waals surface area contributed by atoms with E-state index in [9.17, 15) is 95.0 Å². The van der Waals surface area contributed by atoms with Crippen molar-refractivity contribution in [1.29, 1.82) is 0 Å². The molecular formula is C70H94N8O22S. The molecule has 552 valence electrons. The molecule has 5 atom stereocenters. The molecule has 101 heavy (non-hydrogen) atoms. The first-order valence-electron chi connectivity index (χ1n) is 36.2. The Kier molecular flexibility index (Phi) is 23.1. The van der Waals surface area contributed by atoms with Gasteiger partial charge in [-0.25, -0.2) is 22.3 Å². The summed E-state index contributed by atoms with van der Waals surface area (Å²) in [5, 5.41) is 25.0. The topological polar surface area (TPSA) is 426 Å². The van der Waals surface area contributed by atoms with Gasteiger partial charge in [-0.3, -0.25) is 97.3 Å². The molecule has 5 saturated carbocycles. The molecule has 5 spiro atoms. The number of carboxylic acids is 2. The minimum absolute atomic E-state index is 0.0582. The van der Waals surface area contributed by atoms with Gasteiger partial charge >= 0.3 is 23.9 Å². The molecule has 0 aromatic carbocycles. The second-order valence-corrected chi connectivity index (χ2v) is 32.1. The van der Waals surface area contributed by atoms with Crippen LogP contribution >= 0.6 is 0 Å². The Morgan fingerprint density at radius 2 is 0.881 bits per heavy atom. The van der Waals surface area contributed by atoms with Crippen molar-refractivity contribution in [2.75, 3.05) is 12.3 Å². The lowest BCUT2D eigenvalue weighted by atomic mass is 9.73. The number of nitrogens with zero attached hydrogens (tertiary/aromatic N) is 5. The van der Waals surface area contributed by atoms with Crippen molar-refractivity contribution in [3.8, 4) is 0 Å². The van der Waals surface area contributed by atoms with E-state index in [0.717, 1.165) is 154 Å². The molecule has 0 radical (unpaired) electrons. The van der Waals surface area contributed by atoms with Crippen LogP contribution in [0, 0.1) is 27.1 Å². The quantitative estimate of drug-likeness (QED) is 0.122. The number of esters is 2. The van der Waals surface area contributed by atoms with Crippen LogP contribution in [0.25, 0.3) is 0 Å². The molecule has 14 aliphatic rings. The van der Waals surface area contributed by atoms with Crippen LogP contribution in [0.3, 0.4) is 0 Å². The minimum Gasteiger partial charge on any atom is -0.481 e. The Bertz CT molecular complexity index is 3470. The van der Waals surface area contributed by atoms with E-state index in [1.54, 1.807) is 4.90 Å². The van der Waals surface area contributed by atoms with Crippen LogP contribution in [0.1, 0.15) is 250 Å². The third-order valence-electron chi connectivity index (χ3n) is 23.7. The Hall–Kier alpha value is -8.12. The van der Waals surface area contributed by atoms with Crippen molar-refractivity contribution < 1.29 is 105 Å². The molecule has 5 N–H and O–H groups in total. The summed E-state index contributed by atoms with van der Waals surface area (Å²) in [4.78, 5) is 208. The molecule has 14 rings (SSSR count). The van der Waals surface area contributed by atoms with E-state index in [1.807, 2.05) is 0 Å². The number of carbonyl (C=O) groups is 17. The Morgan fingerprint density at radius 1 is 0.465 bits per heavy atom. The molecule has 0 aromatic rings. The summed E-state index contributed by atoms with van der Waals surface area (Å²) >= 11 is 0. The summed E-state index contributed by atoms with van der Waals surface area (Å²) in [5.74, 6) is -7.88. The smallest absolute Gasteiger partial charge is 0.337 e. The van der Waals surface area contributed by atoms with Gasteiger partial charge in [0, 0.05) is 57.2 Å². The number of amides is 13. The molecule has 5 aliphatic carbocycles. The number of cyclic esters (lactones) is 2. The fourth-order valence-electron chi connectivity index (χ4n) is 18.2. The summed E-state index contributed by atoms with van der Waals surface area (Å²) in [7, 11) is -3.70. The van der Waals surface area contributed by atoms with Crippen molar-refractivity contribution in [2.24, 2.45) is 27.1 Å². The van der Waals surface area contributed by atoms with Crippen molar-refractivity contribution in [2.45, 2.75) is 281 Å². The zero-order valence-electron chi connectivity index (χ0n) is 57.3. The summed E-state index contributed by atoms with van der Waals surface area (Å²) < 4.78 is 30.4. The van der Waals surface area contributed by atoms with Crippen LogP contribution in [-0.4, -0.2) is 186 Å². The van der Waals surface area contributed by atoms with Crippen molar-refractivity contribution >= 4 is 111 Å². The van der Waals surface area contributed by atoms with E-state index in [1.165, 1.54) is 6.42 Å². The number of carbonyl (C=O) groups excluding carboxylic acids is 15. The largest absolute Gasteiger partial charge is 0.481 e. The molecule has 9 aliphatic heterocycles. The van der Waals surface area contributed by atoms with Gasteiger partial charge in [0.15, 0.2) is 0 Å². The van der Waals surface area contributed by atoms with Gasteiger partial charge < -0.3 is 25.2 Å². The van der Waals surface area contributed by atoms with Gasteiger partial charge in [0.1, 0.15) is 30.2 Å². The van der Waals surface area contributed by atoms with Crippen molar-refractivity contribution in [3.05, 3.63) is 12.3 Å². The average molecular weight is 1430 g/mol. The molecule has 13 amide bonds. The highest BCUT2D eigenvalue weighted by atomic mass is 32.2. The maximum absolute atomic E-state index is 12.8. The number of aliphatic carboxylic acids is 2. The first-order valence-corrected chi connectivity index (χ1v) is 37.9. The van der Waals surface area contributed by atoms with Crippen LogP contribution < -0.4 is 16.0 Å². The summed E-state index contributed by atoms with van der Waals surface area (Å²) in [6, 6.07) is -4.41. The van der Waals surface area contributed by atoms with Gasteiger partial charge in [0.2, 0.25) is 86.8 Å². The number of imide groups is 5. The minimum atomic E-state index is -3.70. The summed E-state index contributed by atoms with van der Waals surface area (Å²) in [6.45, 7) is 4.35. The van der Waals surface area contributed by atoms with E-state index in [4.69, 9.17) is 5.11 Å². The maximum atomic E-state index is 12.8. The normalized spacial score (nSPS) is 28.9. The van der Waals surface area contributed by atoms with E-state index >= 15 is 0 Å². The SMILES string of the molecule is C=C1CCC(N2C(=O)C3(CCCCC3)CS2(=O)=O)C(=O)N1.O=C(O)CCC(C(=O)O)N1C(=O)CC2(CCCCC2)C1=O.O=C1CCC(N2C(=O)CC3(CCCCC3)C2=O)C(=O)N1.O=C1CCC(N2C(=O)CC3(CCCCC3)C2=O)C(=O)O1.O=C1CCC(N2CCC3(CCCCC3)C2=O)C(=O)N1. The summed E-state index contributed by atoms with van der Waals surface area (Å²) in [5.41, 5.74) is -2.32. The maximum Gasteiger partial charge on any atom is 0.337 e. The number of allylic oxidation sites excluding steroid dienone is 1. The predicted molar refractivity (Wildman–Crippen MR) is 349 cm³/mol. The number of hydrogen-bond donors (Lipinski definition) is 5. The lowest BCUT2D eigenvalue weighted by Gasteiger charge is -2.34. The van der Waals surface area contributed by atoms with Crippen molar-refractivity contribution in [1.82, 2.24) is 39.9 Å². The molecule has 0 aromatic heterocycles. The highest BCUT2D eigenvalue weighted by Crippen LogP contribution is 2.51. The number of ether oxygens (including phenoxy) is 1. The number of hydrogen-bond acceptors (Lipinski definition) is 20. The Labute approximate surface area is 585 Å². The second kappa shape index (κ2) is 30.8. The van der Waals surface area contributed by atoms with Gasteiger partial charge in [-0.1, -0.05) is 103 Å². The number of nitrogens with one attached hydrogen (secondary N) is 3. The zero-order valence-corrected chi connectivity index (χ0v) is 58.1. The predicted octanol–water partition coefficient (Wildman–Crippen LogP) is 4.32. The summed E-state index contributed by atoms with van der Waals surface area (Å²) in [6.07, 6.45) is 25.3. The van der Waals surface area contributed by atoms with E-state index in [0.29, 0.717) is 63.6 Å². The lowest BCUT2D eigenvalue weighted by molar-refractivity contribution is -0.173. The molecular weight excluding hydrogens is 1340 g/mol. The molecule has 0 bridgehead atoms. The van der Waals surface area contributed by atoms with Crippen LogP contribution in [0.2, 0.25) is 0 Å². The number of carboxylic acid groups (broad SMARTS) is 2. The van der Waals surface area contributed by atoms with Crippen LogP contribution in [0.5, 0.6) is 0 Å². The van der Waals surface area contributed by atoms with Crippen LogP contribution in [0.4, 0.5) is 0 Å². The third kappa shape index (κ3) is 15.6. The van der Waals surface area contributed by atoms with Crippen molar-refractivity contribution in [3.63, 3.8) is 0 Å². The molecule has 30 nitrogen and oxygen atoms in total. The number of likely N-dealkylation sites (tertiary alicyclic amines) is 4. The lowest BCUT2D eigenvalue weighted by Crippen LogP contribution is -2.55. The third-order valence-corrected chi connectivity index (χ3v) is 25.6. The molecule has 9 heterocycles. The van der Waals surface area contributed by atoms with Gasteiger partial charge in [-0.2, -0.15) is 0 Å². The Balaban J connectivity index is 0.000000136. The van der Waals surface area contributed by atoms with E-state index < -0.39 is 109 Å². The van der Waals surface area contributed by atoms with E-state index in [-0.39, 0.29) is 122 Å². The molecule has 31 heteroatoms. The second-order valence-electron chi connectivity index (χ2n) is 30.3. The van der Waals surface area contributed by atoms with Crippen LogP contribution in [-0.2, 0) is 96.3 Å². The van der Waals surface area contributed by atoms with E-state index in [2.05, 4.69) is 27.3 Å². The highest BCUT2D eigenvalue weighted by molar-refractivity contribution is 7.90. The zero-order chi connectivity index (χ0) is 73.0. The van der Waals surface area contributed by atoms with Gasteiger partial charge in [0.05, 0.1) is 32.8 Å². The highest BCUT2D eigenvalue weighted by Gasteiger charge is 2.61. The molecule has 9 saturated heterocycles. The average Bonchev–Trinajstić information content (AvgIpc) is 1.60. The molecule has 5 unspecified atom stereocenters. The fraction of sp³-hybridized carbons (Fsp3) is 0.729.